The van der Waals surface area contributed by atoms with Crippen molar-refractivity contribution < 1.29 is 5.11 Å². The van der Waals surface area contributed by atoms with Gasteiger partial charge in [0.25, 0.3) is 0 Å². The van der Waals surface area contributed by atoms with Crippen molar-refractivity contribution in [1.29, 1.82) is 5.26 Å². The molecule has 0 amide bonds. The summed E-state index contributed by atoms with van der Waals surface area (Å²) in [5.41, 5.74) is 0. The summed E-state index contributed by atoms with van der Waals surface area (Å²) in [6.45, 7) is 0. The SMILES string of the molecule is N#C[C@H]1CCCC[C@@H]1O. The second-order valence-corrected chi connectivity index (χ2v) is 2.59. The van der Waals surface area contributed by atoms with Crippen molar-refractivity contribution >= 4 is 0 Å². The minimum Gasteiger partial charge on any atom is -0.392 e. The van der Waals surface area contributed by atoms with Crippen LogP contribution in [0.1, 0.15) is 25.7 Å². The Labute approximate surface area is 55.1 Å². The van der Waals surface area contributed by atoms with Gasteiger partial charge in [-0.15, -0.1) is 0 Å². The lowest BCUT2D eigenvalue weighted by molar-refractivity contribution is 0.0961. The Bertz CT molecular complexity index is 127. The van der Waals surface area contributed by atoms with Gasteiger partial charge in [-0.25, -0.2) is 0 Å². The lowest BCUT2D eigenvalue weighted by Gasteiger charge is -2.20. The number of hydrogen-bond acceptors (Lipinski definition) is 2. The van der Waals surface area contributed by atoms with Gasteiger partial charge < -0.3 is 5.11 Å². The molecule has 1 saturated carbocycles. The molecule has 2 heteroatoms. The Morgan fingerprint density at radius 1 is 1.33 bits per heavy atom. The monoisotopic (exact) mass is 125 g/mol. The van der Waals surface area contributed by atoms with E-state index in [1.165, 1.54) is 0 Å². The summed E-state index contributed by atoms with van der Waals surface area (Å²) >= 11 is 0. The minimum atomic E-state index is -0.344. The van der Waals surface area contributed by atoms with E-state index in [2.05, 4.69) is 6.07 Å². The molecule has 2 nitrogen and oxygen atoms in total. The summed E-state index contributed by atoms with van der Waals surface area (Å²) < 4.78 is 0. The first-order valence-corrected chi connectivity index (χ1v) is 3.42. The second-order valence-electron chi connectivity index (χ2n) is 2.59. The number of rotatable bonds is 0. The van der Waals surface area contributed by atoms with Crippen LogP contribution in [0.25, 0.3) is 0 Å². The maximum absolute atomic E-state index is 9.15. The van der Waals surface area contributed by atoms with Gasteiger partial charge in [0.15, 0.2) is 0 Å². The highest BCUT2D eigenvalue weighted by molar-refractivity contribution is 4.90. The first kappa shape index (κ1) is 6.57. The largest absolute Gasteiger partial charge is 0.392 e. The van der Waals surface area contributed by atoms with Crippen molar-refractivity contribution in [3.8, 4) is 6.07 Å². The summed E-state index contributed by atoms with van der Waals surface area (Å²) in [4.78, 5) is 0. The highest BCUT2D eigenvalue weighted by Gasteiger charge is 2.21. The molecule has 0 radical (unpaired) electrons. The Kier molecular flexibility index (Phi) is 2.07. The van der Waals surface area contributed by atoms with E-state index in [1.807, 2.05) is 0 Å². The summed E-state index contributed by atoms with van der Waals surface area (Å²) in [6.07, 6.45) is 3.55. The van der Waals surface area contributed by atoms with Crippen molar-refractivity contribution in [3.05, 3.63) is 0 Å². The molecule has 0 aliphatic heterocycles. The summed E-state index contributed by atoms with van der Waals surface area (Å²) in [5.74, 6) is -0.0845. The molecule has 0 bridgehead atoms. The lowest BCUT2D eigenvalue weighted by Crippen LogP contribution is -2.22. The van der Waals surface area contributed by atoms with Crippen molar-refractivity contribution in [3.63, 3.8) is 0 Å². The molecule has 2 atom stereocenters. The predicted molar refractivity (Wildman–Crippen MR) is 33.6 cm³/mol. The van der Waals surface area contributed by atoms with E-state index in [4.69, 9.17) is 10.4 Å². The van der Waals surface area contributed by atoms with Crippen LogP contribution in [0.4, 0.5) is 0 Å². The Hall–Kier alpha value is -0.550. The average molecular weight is 125 g/mol. The number of nitrogens with zero attached hydrogens (tertiary/aromatic N) is 1. The van der Waals surface area contributed by atoms with Gasteiger partial charge in [0.05, 0.1) is 18.1 Å². The smallest absolute Gasteiger partial charge is 0.0722 e. The Morgan fingerprint density at radius 3 is 2.44 bits per heavy atom. The molecule has 0 heterocycles. The van der Waals surface area contributed by atoms with Crippen molar-refractivity contribution in [2.45, 2.75) is 31.8 Å². The number of hydrogen-bond donors (Lipinski definition) is 1. The minimum absolute atomic E-state index is 0.0845. The van der Waals surface area contributed by atoms with Crippen molar-refractivity contribution in [2.75, 3.05) is 0 Å². The van der Waals surface area contributed by atoms with Gasteiger partial charge in [-0.1, -0.05) is 12.8 Å². The molecule has 1 N–H and O–H groups in total. The van der Waals surface area contributed by atoms with Crippen LogP contribution in [-0.2, 0) is 0 Å². The standard InChI is InChI=1S/C7H11NO/c8-5-6-3-1-2-4-7(6)9/h6-7,9H,1-4H2/t6-,7+/m1/s1. The zero-order chi connectivity index (χ0) is 6.69. The first-order chi connectivity index (χ1) is 4.34. The van der Waals surface area contributed by atoms with Gasteiger partial charge in [0, 0.05) is 0 Å². The third kappa shape index (κ3) is 1.43. The van der Waals surface area contributed by atoms with Crippen LogP contribution in [0.15, 0.2) is 0 Å². The van der Waals surface area contributed by atoms with Crippen molar-refractivity contribution in [1.82, 2.24) is 0 Å². The van der Waals surface area contributed by atoms with E-state index < -0.39 is 0 Å². The normalized spacial score (nSPS) is 35.6. The van der Waals surface area contributed by atoms with Gasteiger partial charge >= 0.3 is 0 Å². The molecule has 0 aromatic rings. The van der Waals surface area contributed by atoms with Gasteiger partial charge in [0.1, 0.15) is 0 Å². The van der Waals surface area contributed by atoms with Crippen LogP contribution in [0.3, 0.4) is 0 Å². The van der Waals surface area contributed by atoms with Crippen molar-refractivity contribution in [2.24, 2.45) is 5.92 Å². The molecule has 1 rings (SSSR count). The molecule has 1 aliphatic rings. The van der Waals surface area contributed by atoms with E-state index in [-0.39, 0.29) is 12.0 Å². The number of aliphatic hydroxyl groups is 1. The Balaban J connectivity index is 2.41. The van der Waals surface area contributed by atoms with Gasteiger partial charge in [0.2, 0.25) is 0 Å². The fourth-order valence-electron chi connectivity index (χ4n) is 1.26. The Morgan fingerprint density at radius 2 is 2.00 bits per heavy atom. The summed E-state index contributed by atoms with van der Waals surface area (Å²) in [7, 11) is 0. The van der Waals surface area contributed by atoms with E-state index in [0.29, 0.717) is 0 Å². The van der Waals surface area contributed by atoms with Crippen LogP contribution < -0.4 is 0 Å². The lowest BCUT2D eigenvalue weighted by atomic mass is 9.88. The molecular weight excluding hydrogens is 114 g/mol. The quantitative estimate of drug-likeness (QED) is 0.526. The fraction of sp³-hybridized carbons (Fsp3) is 0.857. The van der Waals surface area contributed by atoms with Gasteiger partial charge in [-0.3, -0.25) is 0 Å². The maximum Gasteiger partial charge on any atom is 0.0722 e. The topological polar surface area (TPSA) is 44.0 Å². The molecule has 0 aromatic heterocycles. The number of aliphatic hydroxyl groups excluding tert-OH is 1. The van der Waals surface area contributed by atoms with Gasteiger partial charge in [-0.2, -0.15) is 5.26 Å². The third-order valence-electron chi connectivity index (χ3n) is 1.90. The van der Waals surface area contributed by atoms with E-state index >= 15 is 0 Å². The predicted octanol–water partition coefficient (Wildman–Crippen LogP) is 1.06. The van der Waals surface area contributed by atoms with Crippen LogP contribution in [-0.4, -0.2) is 11.2 Å². The average Bonchev–Trinajstić information content (AvgIpc) is 1.89. The highest BCUT2D eigenvalue weighted by Crippen LogP contribution is 2.22. The second kappa shape index (κ2) is 2.84. The molecule has 0 unspecified atom stereocenters. The molecule has 0 aromatic carbocycles. The van der Waals surface area contributed by atoms with E-state index in [9.17, 15) is 0 Å². The molecule has 9 heavy (non-hydrogen) atoms. The van der Waals surface area contributed by atoms with Crippen LogP contribution in [0, 0.1) is 17.2 Å². The summed E-state index contributed by atoms with van der Waals surface area (Å²) in [5, 5.41) is 17.6. The molecule has 0 saturated heterocycles. The zero-order valence-electron chi connectivity index (χ0n) is 5.38. The highest BCUT2D eigenvalue weighted by atomic mass is 16.3. The fourth-order valence-corrected chi connectivity index (χ4v) is 1.26. The first-order valence-electron chi connectivity index (χ1n) is 3.42. The molecule has 0 spiro atoms. The van der Waals surface area contributed by atoms with E-state index in [1.54, 1.807) is 0 Å². The van der Waals surface area contributed by atoms with E-state index in [0.717, 1.165) is 25.7 Å². The zero-order valence-corrected chi connectivity index (χ0v) is 5.38. The number of nitriles is 1. The van der Waals surface area contributed by atoms with Gasteiger partial charge in [-0.05, 0) is 12.8 Å². The molecule has 1 aliphatic carbocycles. The summed E-state index contributed by atoms with van der Waals surface area (Å²) in [6, 6.07) is 2.10. The maximum atomic E-state index is 9.15. The molecule has 50 valence electrons. The molecular formula is C7H11NO. The third-order valence-corrected chi connectivity index (χ3v) is 1.90. The van der Waals surface area contributed by atoms with Crippen LogP contribution in [0.2, 0.25) is 0 Å². The van der Waals surface area contributed by atoms with Crippen LogP contribution in [0.5, 0.6) is 0 Å². The van der Waals surface area contributed by atoms with Crippen LogP contribution >= 0.6 is 0 Å². The molecule has 1 fully saturated rings.